The highest BCUT2D eigenvalue weighted by atomic mass is 15.2. The zero-order valence-electron chi connectivity index (χ0n) is 19.3. The van der Waals surface area contributed by atoms with Gasteiger partial charge in [0.05, 0.1) is 11.0 Å². The maximum Gasteiger partial charge on any atom is 0.114 e. The van der Waals surface area contributed by atoms with E-state index in [1.54, 1.807) is 5.57 Å². The second-order valence-corrected chi connectivity index (χ2v) is 11.2. The molecule has 1 saturated carbocycles. The van der Waals surface area contributed by atoms with E-state index in [4.69, 9.17) is 4.98 Å². The Bertz CT molecular complexity index is 972. The van der Waals surface area contributed by atoms with E-state index < -0.39 is 0 Å². The van der Waals surface area contributed by atoms with Crippen molar-refractivity contribution in [3.8, 4) is 0 Å². The molecule has 1 aromatic heterocycles. The molecule has 2 aliphatic heterocycles. The molecule has 0 unspecified atom stereocenters. The third kappa shape index (κ3) is 3.38. The fraction of sp³-hybridized carbons (Fsp3) is 0.667. The van der Waals surface area contributed by atoms with E-state index in [1.807, 2.05) is 0 Å². The van der Waals surface area contributed by atoms with Crippen LogP contribution in [-0.4, -0.2) is 47.2 Å². The molecule has 0 radical (unpaired) electrons. The lowest BCUT2D eigenvalue weighted by molar-refractivity contribution is -0.0114. The van der Waals surface area contributed by atoms with E-state index in [-0.39, 0.29) is 0 Å². The molecule has 7 rings (SSSR count). The van der Waals surface area contributed by atoms with Crippen molar-refractivity contribution >= 4 is 11.0 Å². The van der Waals surface area contributed by atoms with Crippen molar-refractivity contribution in [1.29, 1.82) is 0 Å². The Hall–Kier alpha value is -1.65. The van der Waals surface area contributed by atoms with Crippen molar-refractivity contribution in [2.75, 3.05) is 32.7 Å². The number of likely N-dealkylation sites (tertiary alicyclic amines) is 1. The van der Waals surface area contributed by atoms with Gasteiger partial charge in [0, 0.05) is 38.1 Å². The van der Waals surface area contributed by atoms with Crippen LogP contribution in [0.3, 0.4) is 0 Å². The van der Waals surface area contributed by atoms with Gasteiger partial charge < -0.3 is 9.88 Å². The number of imidazole rings is 1. The van der Waals surface area contributed by atoms with E-state index in [2.05, 4.69) is 59.0 Å². The first-order valence-corrected chi connectivity index (χ1v) is 12.7. The summed E-state index contributed by atoms with van der Waals surface area (Å²) in [5.41, 5.74) is 4.81. The van der Waals surface area contributed by atoms with Crippen LogP contribution in [0.1, 0.15) is 70.2 Å². The maximum atomic E-state index is 5.16. The van der Waals surface area contributed by atoms with Crippen LogP contribution in [0.25, 0.3) is 11.0 Å². The average molecular weight is 419 g/mol. The van der Waals surface area contributed by atoms with Crippen molar-refractivity contribution in [3.63, 3.8) is 0 Å². The lowest BCUT2D eigenvalue weighted by atomic mass is 9.49. The van der Waals surface area contributed by atoms with Crippen molar-refractivity contribution < 1.29 is 0 Å². The van der Waals surface area contributed by atoms with E-state index >= 15 is 0 Å². The minimum atomic E-state index is 0.543. The molecule has 0 spiro atoms. The highest BCUT2D eigenvalue weighted by Crippen LogP contribution is 2.59. The Morgan fingerprint density at radius 2 is 1.97 bits per heavy atom. The van der Waals surface area contributed by atoms with Gasteiger partial charge in [-0.1, -0.05) is 37.6 Å². The van der Waals surface area contributed by atoms with Gasteiger partial charge in [-0.2, -0.15) is 0 Å². The molecule has 4 nitrogen and oxygen atoms in total. The van der Waals surface area contributed by atoms with Crippen LogP contribution in [0.4, 0.5) is 0 Å². The monoisotopic (exact) mass is 418 g/mol. The first-order chi connectivity index (χ1) is 15.1. The number of nitrogens with zero attached hydrogens (tertiary/aromatic N) is 3. The number of piperidine rings is 2. The number of hydrogen-bond donors (Lipinski definition) is 1. The minimum absolute atomic E-state index is 0.543. The molecule has 2 aromatic rings. The molecule has 3 heterocycles. The third-order valence-corrected chi connectivity index (χ3v) is 9.20. The smallest absolute Gasteiger partial charge is 0.114 e. The number of rotatable bonds is 4. The molecular weight excluding hydrogens is 380 g/mol. The van der Waals surface area contributed by atoms with Crippen molar-refractivity contribution in [2.45, 2.75) is 64.3 Å². The highest BCUT2D eigenvalue weighted by Gasteiger charge is 2.51. The van der Waals surface area contributed by atoms with Gasteiger partial charge in [-0.05, 0) is 74.5 Å². The molecule has 2 saturated heterocycles. The quantitative estimate of drug-likeness (QED) is 0.699. The standard InChI is InChI=1S/C27H38N4/c1-27(2)21-10-9-20(23(27)16-21)18-30-14-11-22(12-15-30)31-25-8-4-3-7-24(25)29-26(31)19-6-5-13-28-17-19/h3-4,7-9,19,21-23,28H,5-6,10-18H2,1-2H3/t19-,21+,23+/m1/s1. The number of aromatic nitrogens is 2. The van der Waals surface area contributed by atoms with Crippen LogP contribution in [-0.2, 0) is 0 Å². The molecular formula is C27H38N4. The number of hydrogen-bond acceptors (Lipinski definition) is 3. The molecule has 5 aliphatic rings. The Kier molecular flexibility index (Phi) is 4.99. The molecule has 0 amide bonds. The maximum absolute atomic E-state index is 5.16. The molecule has 3 fully saturated rings. The van der Waals surface area contributed by atoms with E-state index in [9.17, 15) is 0 Å². The topological polar surface area (TPSA) is 33.1 Å². The number of allylic oxidation sites excluding steroid dienone is 1. The second kappa shape index (κ2) is 7.74. The Labute approximate surface area is 187 Å². The third-order valence-electron chi connectivity index (χ3n) is 9.20. The van der Waals surface area contributed by atoms with Gasteiger partial charge in [-0.3, -0.25) is 4.90 Å². The second-order valence-electron chi connectivity index (χ2n) is 11.2. The van der Waals surface area contributed by atoms with Crippen LogP contribution in [0.2, 0.25) is 0 Å². The largest absolute Gasteiger partial charge is 0.324 e. The van der Waals surface area contributed by atoms with Crippen molar-refractivity contribution in [2.24, 2.45) is 17.3 Å². The number of para-hydroxylation sites is 2. The summed E-state index contributed by atoms with van der Waals surface area (Å²) in [6.07, 6.45) is 10.4. The summed E-state index contributed by atoms with van der Waals surface area (Å²) < 4.78 is 2.64. The predicted molar refractivity (Wildman–Crippen MR) is 127 cm³/mol. The number of nitrogens with one attached hydrogen (secondary N) is 1. The average Bonchev–Trinajstić information content (AvgIpc) is 3.20. The van der Waals surface area contributed by atoms with E-state index in [0.29, 0.717) is 17.4 Å². The molecule has 31 heavy (non-hydrogen) atoms. The Balaban J connectivity index is 1.19. The fourth-order valence-electron chi connectivity index (χ4n) is 7.06. The molecule has 166 valence electrons. The first-order valence-electron chi connectivity index (χ1n) is 12.7. The van der Waals surface area contributed by atoms with Gasteiger partial charge in [0.1, 0.15) is 5.82 Å². The van der Waals surface area contributed by atoms with Crippen LogP contribution in [0.15, 0.2) is 35.9 Å². The SMILES string of the molecule is CC1(C)[C@H]2CC=C(CN3CCC(n4c([C@@H]5CCCNC5)nc5ccccc54)CC3)[C@@H]1C2. The van der Waals surface area contributed by atoms with Crippen molar-refractivity contribution in [3.05, 3.63) is 41.7 Å². The van der Waals surface area contributed by atoms with Gasteiger partial charge in [-0.25, -0.2) is 4.98 Å². The summed E-state index contributed by atoms with van der Waals surface area (Å²) in [5.74, 6) is 3.67. The summed E-state index contributed by atoms with van der Waals surface area (Å²) >= 11 is 0. The van der Waals surface area contributed by atoms with Gasteiger partial charge >= 0.3 is 0 Å². The number of fused-ring (bicyclic) bond motifs is 2. The normalized spacial score (nSPS) is 31.4. The summed E-state index contributed by atoms with van der Waals surface area (Å²) in [4.78, 5) is 7.89. The molecule has 1 aromatic carbocycles. The lowest BCUT2D eigenvalue weighted by Crippen LogP contribution is -2.50. The highest BCUT2D eigenvalue weighted by molar-refractivity contribution is 5.76. The summed E-state index contributed by atoms with van der Waals surface area (Å²) in [6, 6.07) is 9.39. The van der Waals surface area contributed by atoms with Crippen LogP contribution in [0, 0.1) is 17.3 Å². The first kappa shape index (κ1) is 20.0. The lowest BCUT2D eigenvalue weighted by Gasteiger charge is -2.57. The van der Waals surface area contributed by atoms with Crippen molar-refractivity contribution in [1.82, 2.24) is 19.8 Å². The zero-order valence-corrected chi connectivity index (χ0v) is 19.3. The molecule has 4 heteroatoms. The van der Waals surface area contributed by atoms with Gasteiger partial charge in [-0.15, -0.1) is 0 Å². The summed E-state index contributed by atoms with van der Waals surface area (Å²) in [6.45, 7) is 10.9. The van der Waals surface area contributed by atoms with Gasteiger partial charge in [0.25, 0.3) is 0 Å². The van der Waals surface area contributed by atoms with E-state index in [1.165, 1.54) is 75.0 Å². The predicted octanol–water partition coefficient (Wildman–Crippen LogP) is 5.13. The van der Waals surface area contributed by atoms with Crippen LogP contribution < -0.4 is 5.32 Å². The minimum Gasteiger partial charge on any atom is -0.324 e. The number of benzene rings is 1. The Morgan fingerprint density at radius 3 is 2.71 bits per heavy atom. The van der Waals surface area contributed by atoms with Crippen LogP contribution in [0.5, 0.6) is 0 Å². The van der Waals surface area contributed by atoms with Gasteiger partial charge in [0.2, 0.25) is 0 Å². The molecule has 3 atom stereocenters. The van der Waals surface area contributed by atoms with Crippen LogP contribution >= 0.6 is 0 Å². The summed E-state index contributed by atoms with van der Waals surface area (Å²) in [7, 11) is 0. The van der Waals surface area contributed by atoms with E-state index in [0.717, 1.165) is 24.9 Å². The summed E-state index contributed by atoms with van der Waals surface area (Å²) in [5, 5.41) is 3.61. The molecule has 3 aliphatic carbocycles. The molecule has 2 bridgehead atoms. The van der Waals surface area contributed by atoms with Gasteiger partial charge in [0.15, 0.2) is 0 Å². The zero-order chi connectivity index (χ0) is 21.0. The Morgan fingerprint density at radius 1 is 1.13 bits per heavy atom. The molecule has 1 N–H and O–H groups in total. The fourth-order valence-corrected chi connectivity index (χ4v) is 7.06.